The summed E-state index contributed by atoms with van der Waals surface area (Å²) in [6.45, 7) is 0.234. The summed E-state index contributed by atoms with van der Waals surface area (Å²) >= 11 is 12.2. The molecule has 3 aromatic rings. The van der Waals surface area contributed by atoms with Gasteiger partial charge in [0.2, 0.25) is 0 Å². The van der Waals surface area contributed by atoms with Gasteiger partial charge in [0.1, 0.15) is 24.0 Å². The van der Waals surface area contributed by atoms with Crippen molar-refractivity contribution in [2.24, 2.45) is 0 Å². The first-order valence-electron chi connectivity index (χ1n) is 9.43. The van der Waals surface area contributed by atoms with Crippen LogP contribution in [0.15, 0.2) is 72.3 Å². The Kier molecular flexibility index (Phi) is 7.64. The van der Waals surface area contributed by atoms with Gasteiger partial charge in [-0.3, -0.25) is 4.79 Å². The summed E-state index contributed by atoms with van der Waals surface area (Å²) in [5, 5.41) is 12.5. The number of nitrogens with one attached hydrogen (secondary N) is 1. The Morgan fingerprint density at radius 2 is 1.82 bits per heavy atom. The van der Waals surface area contributed by atoms with E-state index in [-0.39, 0.29) is 22.9 Å². The van der Waals surface area contributed by atoms with Gasteiger partial charge in [0.15, 0.2) is 0 Å². The lowest BCUT2D eigenvalue weighted by molar-refractivity contribution is -0.137. The lowest BCUT2D eigenvalue weighted by atomic mass is 10.1. The molecule has 1 amide bonds. The van der Waals surface area contributed by atoms with Crippen LogP contribution in [0.25, 0.3) is 6.08 Å². The molecule has 0 bridgehead atoms. The minimum atomic E-state index is -4.55. The summed E-state index contributed by atoms with van der Waals surface area (Å²) < 4.78 is 44.2. The molecule has 0 saturated carbocycles. The topological polar surface area (TPSA) is 62.1 Å². The van der Waals surface area contributed by atoms with E-state index in [2.05, 4.69) is 5.32 Å². The fourth-order valence-corrected chi connectivity index (χ4v) is 3.26. The van der Waals surface area contributed by atoms with Crippen LogP contribution in [0.1, 0.15) is 16.7 Å². The number of anilines is 1. The molecule has 0 atom stereocenters. The van der Waals surface area contributed by atoms with Gasteiger partial charge >= 0.3 is 6.18 Å². The Hall–Kier alpha value is -3.47. The molecule has 0 aromatic heterocycles. The Morgan fingerprint density at radius 1 is 1.06 bits per heavy atom. The highest BCUT2D eigenvalue weighted by Crippen LogP contribution is 2.31. The second-order valence-corrected chi connectivity index (χ2v) is 7.65. The Morgan fingerprint density at radius 3 is 2.48 bits per heavy atom. The van der Waals surface area contributed by atoms with Crippen LogP contribution in [0.4, 0.5) is 18.9 Å². The number of ether oxygens (including phenoxy) is 1. The summed E-state index contributed by atoms with van der Waals surface area (Å²) in [5.74, 6) is -0.463. The second-order valence-electron chi connectivity index (χ2n) is 6.81. The van der Waals surface area contributed by atoms with Crippen LogP contribution in [0.5, 0.6) is 5.75 Å². The molecule has 9 heteroatoms. The van der Waals surface area contributed by atoms with Gasteiger partial charge in [-0.15, -0.1) is 0 Å². The number of hydrogen-bond donors (Lipinski definition) is 1. The van der Waals surface area contributed by atoms with E-state index in [1.807, 2.05) is 6.07 Å². The molecule has 0 unspecified atom stereocenters. The van der Waals surface area contributed by atoms with Gasteiger partial charge in [-0.25, -0.2) is 0 Å². The van der Waals surface area contributed by atoms with Gasteiger partial charge < -0.3 is 10.1 Å². The minimum Gasteiger partial charge on any atom is -0.487 e. The highest BCUT2D eigenvalue weighted by atomic mass is 35.5. The minimum absolute atomic E-state index is 0.0845. The molecule has 33 heavy (non-hydrogen) atoms. The number of nitriles is 1. The maximum absolute atomic E-state index is 12.9. The summed E-state index contributed by atoms with van der Waals surface area (Å²) in [5.41, 5.74) is -0.0239. The van der Waals surface area contributed by atoms with Crippen LogP contribution < -0.4 is 10.1 Å². The standard InChI is InChI=1S/C24H15Cl2F3N2O2/c25-19-5-1-3-16(10-19)14-33-22-8-7-15(11-21(22)26)9-17(13-30)23(32)31-20-6-2-4-18(12-20)24(27,28)29/h1-12H,14H2,(H,31,32)/b17-9+. The van der Waals surface area contributed by atoms with Crippen LogP contribution in [-0.4, -0.2) is 5.91 Å². The fourth-order valence-electron chi connectivity index (χ4n) is 2.80. The number of nitrogens with zero attached hydrogens (tertiary/aromatic N) is 1. The van der Waals surface area contributed by atoms with Gasteiger partial charge in [-0.05, 0) is 59.7 Å². The number of amides is 1. The second kappa shape index (κ2) is 10.4. The van der Waals surface area contributed by atoms with Crippen molar-refractivity contribution in [3.05, 3.63) is 99.0 Å². The van der Waals surface area contributed by atoms with Crippen molar-refractivity contribution in [1.82, 2.24) is 0 Å². The Labute approximate surface area is 197 Å². The zero-order chi connectivity index (χ0) is 24.0. The van der Waals surface area contributed by atoms with Gasteiger partial charge in [-0.1, -0.05) is 47.5 Å². The number of rotatable bonds is 6. The average molecular weight is 491 g/mol. The summed E-state index contributed by atoms with van der Waals surface area (Å²) in [7, 11) is 0. The number of carbonyl (C=O) groups excluding carboxylic acids is 1. The summed E-state index contributed by atoms with van der Waals surface area (Å²) in [6.07, 6.45) is -3.28. The van der Waals surface area contributed by atoms with Crippen molar-refractivity contribution in [2.45, 2.75) is 12.8 Å². The highest BCUT2D eigenvalue weighted by Gasteiger charge is 2.30. The van der Waals surface area contributed by atoms with Crippen LogP contribution >= 0.6 is 23.2 Å². The first-order valence-corrected chi connectivity index (χ1v) is 10.2. The van der Waals surface area contributed by atoms with Gasteiger partial charge in [-0.2, -0.15) is 18.4 Å². The smallest absolute Gasteiger partial charge is 0.416 e. The van der Waals surface area contributed by atoms with Crippen molar-refractivity contribution in [2.75, 3.05) is 5.32 Å². The zero-order valence-corrected chi connectivity index (χ0v) is 18.3. The van der Waals surface area contributed by atoms with Gasteiger partial charge in [0, 0.05) is 10.7 Å². The molecule has 0 radical (unpaired) electrons. The predicted octanol–water partition coefficient (Wildman–Crippen LogP) is 7.14. The van der Waals surface area contributed by atoms with Crippen molar-refractivity contribution >= 4 is 40.9 Å². The zero-order valence-electron chi connectivity index (χ0n) is 16.8. The van der Waals surface area contributed by atoms with Crippen molar-refractivity contribution in [3.8, 4) is 11.8 Å². The third-order valence-corrected chi connectivity index (χ3v) is 4.89. The normalized spacial score (nSPS) is 11.6. The monoisotopic (exact) mass is 490 g/mol. The van der Waals surface area contributed by atoms with E-state index in [1.54, 1.807) is 36.4 Å². The summed E-state index contributed by atoms with van der Waals surface area (Å²) in [6, 6.07) is 17.7. The molecule has 0 aliphatic heterocycles. The maximum atomic E-state index is 12.9. The quantitative estimate of drug-likeness (QED) is 0.295. The van der Waals surface area contributed by atoms with E-state index in [4.69, 9.17) is 27.9 Å². The maximum Gasteiger partial charge on any atom is 0.416 e. The fraction of sp³-hybridized carbons (Fsp3) is 0.0833. The molecule has 0 saturated heterocycles. The van der Waals surface area contributed by atoms with Crippen molar-refractivity contribution in [1.29, 1.82) is 5.26 Å². The molecular formula is C24H15Cl2F3N2O2. The first kappa shape index (κ1) is 24.2. The molecular weight excluding hydrogens is 476 g/mol. The van der Waals surface area contributed by atoms with E-state index in [1.165, 1.54) is 18.2 Å². The largest absolute Gasteiger partial charge is 0.487 e. The molecule has 0 aliphatic rings. The number of halogens is 5. The molecule has 3 aromatic carbocycles. The first-order chi connectivity index (χ1) is 15.7. The van der Waals surface area contributed by atoms with Crippen LogP contribution in [0.2, 0.25) is 10.0 Å². The van der Waals surface area contributed by atoms with E-state index in [9.17, 15) is 23.2 Å². The Bertz CT molecular complexity index is 1250. The number of hydrogen-bond acceptors (Lipinski definition) is 3. The van der Waals surface area contributed by atoms with Crippen molar-refractivity contribution < 1.29 is 22.7 Å². The van der Waals surface area contributed by atoms with E-state index in [0.29, 0.717) is 16.3 Å². The van der Waals surface area contributed by atoms with Crippen molar-refractivity contribution in [3.63, 3.8) is 0 Å². The lowest BCUT2D eigenvalue weighted by Gasteiger charge is -2.10. The van der Waals surface area contributed by atoms with E-state index < -0.39 is 17.6 Å². The molecule has 3 rings (SSSR count). The van der Waals surface area contributed by atoms with Crippen LogP contribution in [0, 0.1) is 11.3 Å². The number of carbonyl (C=O) groups is 1. The molecule has 1 N–H and O–H groups in total. The number of benzene rings is 3. The van der Waals surface area contributed by atoms with Crippen LogP contribution in [-0.2, 0) is 17.6 Å². The van der Waals surface area contributed by atoms with Crippen LogP contribution in [0.3, 0.4) is 0 Å². The van der Waals surface area contributed by atoms with Gasteiger partial charge in [0.25, 0.3) is 5.91 Å². The average Bonchev–Trinajstić information content (AvgIpc) is 2.76. The van der Waals surface area contributed by atoms with E-state index in [0.717, 1.165) is 23.8 Å². The molecule has 0 heterocycles. The number of alkyl halides is 3. The lowest BCUT2D eigenvalue weighted by Crippen LogP contribution is -2.14. The van der Waals surface area contributed by atoms with Gasteiger partial charge in [0.05, 0.1) is 10.6 Å². The molecule has 0 spiro atoms. The third-order valence-electron chi connectivity index (χ3n) is 4.36. The molecule has 0 aliphatic carbocycles. The molecule has 168 valence electrons. The SMILES string of the molecule is N#C/C(=C\c1ccc(OCc2cccc(Cl)c2)c(Cl)c1)C(=O)Nc1cccc(C(F)(F)F)c1. The third kappa shape index (κ3) is 6.75. The summed E-state index contributed by atoms with van der Waals surface area (Å²) in [4.78, 5) is 12.4. The molecule has 4 nitrogen and oxygen atoms in total. The molecule has 0 fully saturated rings. The highest BCUT2D eigenvalue weighted by molar-refractivity contribution is 6.32. The van der Waals surface area contributed by atoms with E-state index >= 15 is 0 Å². The predicted molar refractivity (Wildman–Crippen MR) is 121 cm³/mol. The Balaban J connectivity index is 1.72.